The molecule has 2 aromatic carbocycles. The molecule has 7 nitrogen and oxygen atoms in total. The van der Waals surface area contributed by atoms with Crippen LogP contribution in [0, 0.1) is 12.8 Å². The maximum atomic E-state index is 13.2. The Labute approximate surface area is 211 Å². The average Bonchev–Trinajstić information content (AvgIpc) is 2.91. The number of hydrogen-bond donors (Lipinski definition) is 0. The molecular formula is C27H30ClN5O2. The highest BCUT2D eigenvalue weighted by molar-refractivity contribution is 6.30. The molecule has 3 heterocycles. The molecule has 0 atom stereocenters. The van der Waals surface area contributed by atoms with E-state index >= 15 is 0 Å². The fraction of sp³-hybridized carbons (Fsp3) is 0.370. The maximum Gasteiger partial charge on any atom is 0.225 e. The lowest BCUT2D eigenvalue weighted by Gasteiger charge is -2.40. The second kappa shape index (κ2) is 10.5. The number of carbonyl (C=O) groups is 1. The highest BCUT2D eigenvalue weighted by atomic mass is 35.5. The van der Waals surface area contributed by atoms with Gasteiger partial charge in [-0.1, -0.05) is 35.9 Å². The maximum absolute atomic E-state index is 13.2. The molecule has 0 aliphatic carbocycles. The van der Waals surface area contributed by atoms with Crippen molar-refractivity contribution < 1.29 is 9.53 Å². The van der Waals surface area contributed by atoms with Gasteiger partial charge in [0.15, 0.2) is 0 Å². The number of benzene rings is 2. The van der Waals surface area contributed by atoms with Crippen molar-refractivity contribution in [3.63, 3.8) is 0 Å². The van der Waals surface area contributed by atoms with Crippen LogP contribution in [0.1, 0.15) is 18.4 Å². The highest BCUT2D eigenvalue weighted by Gasteiger charge is 2.31. The molecule has 2 aliphatic rings. The van der Waals surface area contributed by atoms with Gasteiger partial charge in [-0.2, -0.15) is 0 Å². The van der Waals surface area contributed by atoms with Crippen molar-refractivity contribution in [3.05, 3.63) is 71.5 Å². The summed E-state index contributed by atoms with van der Waals surface area (Å²) in [5.74, 6) is 2.44. The number of carbonyl (C=O) groups excluding carboxylic acids is 1. The first-order chi connectivity index (χ1) is 17.1. The Hall–Kier alpha value is -3.32. The smallest absolute Gasteiger partial charge is 0.225 e. The van der Waals surface area contributed by atoms with Crippen LogP contribution in [0.3, 0.4) is 0 Å². The van der Waals surface area contributed by atoms with Gasteiger partial charge in [-0.3, -0.25) is 4.79 Å². The Balaban J connectivity index is 1.14. The lowest BCUT2D eigenvalue weighted by atomic mass is 9.95. The largest absolute Gasteiger partial charge is 0.439 e. The molecule has 1 amide bonds. The van der Waals surface area contributed by atoms with Gasteiger partial charge >= 0.3 is 0 Å². The number of anilines is 2. The number of hydrogen-bond acceptors (Lipinski definition) is 6. The van der Waals surface area contributed by atoms with Crippen molar-refractivity contribution in [1.29, 1.82) is 0 Å². The third-order valence-electron chi connectivity index (χ3n) is 6.86. The van der Waals surface area contributed by atoms with Gasteiger partial charge in [0, 0.05) is 62.0 Å². The molecule has 0 saturated carbocycles. The molecule has 8 heteroatoms. The molecule has 3 aromatic rings. The number of piperazine rings is 1. The van der Waals surface area contributed by atoms with Crippen molar-refractivity contribution in [1.82, 2.24) is 14.9 Å². The summed E-state index contributed by atoms with van der Waals surface area (Å²) in [6, 6.07) is 17.5. The zero-order chi connectivity index (χ0) is 24.2. The van der Waals surface area contributed by atoms with Gasteiger partial charge in [-0.25, -0.2) is 9.97 Å². The van der Waals surface area contributed by atoms with Crippen molar-refractivity contribution in [2.45, 2.75) is 19.8 Å². The van der Waals surface area contributed by atoms with Crippen LogP contribution in [0.5, 0.6) is 11.6 Å². The second-order valence-corrected chi connectivity index (χ2v) is 9.57. The zero-order valence-electron chi connectivity index (χ0n) is 19.9. The van der Waals surface area contributed by atoms with Crippen LogP contribution >= 0.6 is 11.6 Å². The molecule has 1 aromatic heterocycles. The minimum atomic E-state index is 0.0626. The summed E-state index contributed by atoms with van der Waals surface area (Å²) < 4.78 is 5.85. The third-order valence-corrected chi connectivity index (χ3v) is 7.10. The van der Waals surface area contributed by atoms with Crippen molar-refractivity contribution in [2.24, 2.45) is 5.92 Å². The molecule has 0 N–H and O–H groups in total. The number of ether oxygens (including phenoxy) is 1. The van der Waals surface area contributed by atoms with E-state index in [1.54, 1.807) is 0 Å². The van der Waals surface area contributed by atoms with Gasteiger partial charge in [-0.05, 0) is 49.6 Å². The topological polar surface area (TPSA) is 61.8 Å². The van der Waals surface area contributed by atoms with Crippen LogP contribution in [0.15, 0.2) is 60.9 Å². The Morgan fingerprint density at radius 3 is 2.40 bits per heavy atom. The van der Waals surface area contributed by atoms with E-state index in [0.29, 0.717) is 5.88 Å². The summed E-state index contributed by atoms with van der Waals surface area (Å²) >= 11 is 6.21. The Bertz CT molecular complexity index is 1160. The van der Waals surface area contributed by atoms with Gasteiger partial charge < -0.3 is 19.4 Å². The number of nitrogens with zero attached hydrogens (tertiary/aromatic N) is 5. The summed E-state index contributed by atoms with van der Waals surface area (Å²) in [6.07, 6.45) is 3.18. The van der Waals surface area contributed by atoms with E-state index in [4.69, 9.17) is 16.3 Å². The normalized spacial score (nSPS) is 16.9. The predicted molar refractivity (Wildman–Crippen MR) is 138 cm³/mol. The number of aromatic nitrogens is 2. The third kappa shape index (κ3) is 5.51. The molecule has 0 bridgehead atoms. The van der Waals surface area contributed by atoms with E-state index in [-0.39, 0.29) is 11.8 Å². The summed E-state index contributed by atoms with van der Waals surface area (Å²) in [5, 5.41) is 0.748. The van der Waals surface area contributed by atoms with Crippen LogP contribution in [-0.4, -0.2) is 60.0 Å². The van der Waals surface area contributed by atoms with Gasteiger partial charge in [0.05, 0.1) is 0 Å². The molecule has 0 spiro atoms. The number of piperidine rings is 1. The van der Waals surface area contributed by atoms with Crippen LogP contribution in [0.4, 0.5) is 11.5 Å². The first kappa shape index (κ1) is 23.4. The summed E-state index contributed by atoms with van der Waals surface area (Å²) in [6.45, 7) is 6.84. The van der Waals surface area contributed by atoms with Crippen LogP contribution < -0.4 is 14.5 Å². The van der Waals surface area contributed by atoms with E-state index in [1.165, 1.54) is 17.6 Å². The van der Waals surface area contributed by atoms with E-state index < -0.39 is 0 Å². The van der Waals surface area contributed by atoms with Crippen LogP contribution in [0.25, 0.3) is 0 Å². The number of para-hydroxylation sites is 1. The number of rotatable bonds is 5. The summed E-state index contributed by atoms with van der Waals surface area (Å²) in [5.41, 5.74) is 2.38. The fourth-order valence-corrected chi connectivity index (χ4v) is 5.04. The standard InChI is InChI=1S/C27H30ClN5O2/c1-20-7-8-22(28)17-24(20)31-13-15-33(16-14-31)27(34)21-9-11-32(12-10-21)25-18-26(30-19-29-25)35-23-5-3-2-4-6-23/h2-8,17-19,21H,9-16H2,1H3. The highest BCUT2D eigenvalue weighted by Crippen LogP contribution is 2.28. The molecule has 2 aliphatic heterocycles. The van der Waals surface area contributed by atoms with Gasteiger partial charge in [0.2, 0.25) is 11.8 Å². The van der Waals surface area contributed by atoms with Crippen LogP contribution in [0.2, 0.25) is 5.02 Å². The molecule has 0 radical (unpaired) electrons. The fourth-order valence-electron chi connectivity index (χ4n) is 4.87. The van der Waals surface area contributed by atoms with E-state index in [9.17, 15) is 4.79 Å². The number of amides is 1. The molecule has 2 fully saturated rings. The monoisotopic (exact) mass is 491 g/mol. The predicted octanol–water partition coefficient (Wildman–Crippen LogP) is 4.80. The van der Waals surface area contributed by atoms with Gasteiger partial charge in [0.25, 0.3) is 0 Å². The quantitative estimate of drug-likeness (QED) is 0.511. The Kier molecular flexibility index (Phi) is 7.04. The lowest BCUT2D eigenvalue weighted by Crippen LogP contribution is -2.52. The molecular weight excluding hydrogens is 462 g/mol. The Morgan fingerprint density at radius 1 is 0.914 bits per heavy atom. The van der Waals surface area contributed by atoms with E-state index in [2.05, 4.69) is 32.8 Å². The lowest BCUT2D eigenvalue weighted by molar-refractivity contribution is -0.136. The first-order valence-electron chi connectivity index (χ1n) is 12.2. The molecule has 35 heavy (non-hydrogen) atoms. The van der Waals surface area contributed by atoms with E-state index in [0.717, 1.165) is 68.7 Å². The number of halogens is 1. The number of aryl methyl sites for hydroxylation is 1. The molecule has 2 saturated heterocycles. The second-order valence-electron chi connectivity index (χ2n) is 9.13. The Morgan fingerprint density at radius 2 is 1.66 bits per heavy atom. The van der Waals surface area contributed by atoms with E-state index in [1.807, 2.05) is 53.4 Å². The summed E-state index contributed by atoms with van der Waals surface area (Å²) in [7, 11) is 0. The minimum Gasteiger partial charge on any atom is -0.439 e. The van der Waals surface area contributed by atoms with Crippen molar-refractivity contribution >= 4 is 29.0 Å². The minimum absolute atomic E-state index is 0.0626. The first-order valence-corrected chi connectivity index (χ1v) is 12.5. The SMILES string of the molecule is Cc1ccc(Cl)cc1N1CCN(C(=O)C2CCN(c3cc(Oc4ccccc4)ncn3)CC2)CC1. The van der Waals surface area contributed by atoms with Gasteiger partial charge in [-0.15, -0.1) is 0 Å². The molecule has 0 unspecified atom stereocenters. The average molecular weight is 492 g/mol. The summed E-state index contributed by atoms with van der Waals surface area (Å²) in [4.78, 5) is 28.5. The van der Waals surface area contributed by atoms with Crippen LogP contribution in [-0.2, 0) is 4.79 Å². The van der Waals surface area contributed by atoms with Crippen molar-refractivity contribution in [2.75, 3.05) is 49.1 Å². The molecule has 5 rings (SSSR count). The van der Waals surface area contributed by atoms with Crippen molar-refractivity contribution in [3.8, 4) is 11.6 Å². The van der Waals surface area contributed by atoms with Gasteiger partial charge in [0.1, 0.15) is 17.9 Å². The molecule has 182 valence electrons. The zero-order valence-corrected chi connectivity index (χ0v) is 20.7.